The Morgan fingerprint density at radius 3 is 2.70 bits per heavy atom. The first-order chi connectivity index (χ1) is 9.60. The largest absolute Gasteiger partial charge is 0.492 e. The lowest BCUT2D eigenvalue weighted by molar-refractivity contribution is 0.0992. The third-order valence-electron chi connectivity index (χ3n) is 2.69. The fraction of sp³-hybridized carbons (Fsp3) is 0.200. The summed E-state index contributed by atoms with van der Waals surface area (Å²) >= 11 is 11.8. The average Bonchev–Trinajstić information content (AvgIpc) is 2.43. The van der Waals surface area contributed by atoms with Gasteiger partial charge in [0.25, 0.3) is 0 Å². The molecule has 20 heavy (non-hydrogen) atoms. The first-order valence-electron chi connectivity index (χ1n) is 6.15. The Hall–Kier alpha value is -1.58. The summed E-state index contributed by atoms with van der Waals surface area (Å²) in [5, 5.41) is 0.918. The van der Waals surface area contributed by atoms with Crippen LogP contribution in [0, 0.1) is 0 Å². The zero-order valence-electron chi connectivity index (χ0n) is 10.9. The predicted octanol–water partition coefficient (Wildman–Crippen LogP) is 4.21. The molecular weight excluding hydrogens is 297 g/mol. The average molecular weight is 310 g/mol. The molecule has 0 aliphatic carbocycles. The number of ether oxygens (including phenoxy) is 1. The van der Waals surface area contributed by atoms with E-state index in [0.29, 0.717) is 28.0 Å². The van der Waals surface area contributed by atoms with E-state index in [2.05, 4.69) is 4.98 Å². The fourth-order valence-corrected chi connectivity index (χ4v) is 2.07. The van der Waals surface area contributed by atoms with E-state index >= 15 is 0 Å². The molecule has 1 heterocycles. The number of rotatable bonds is 5. The lowest BCUT2D eigenvalue weighted by Crippen LogP contribution is -2.05. The number of benzene rings is 1. The lowest BCUT2D eigenvalue weighted by Gasteiger charge is -2.06. The Morgan fingerprint density at radius 1 is 1.20 bits per heavy atom. The van der Waals surface area contributed by atoms with Crippen LogP contribution in [0.25, 0.3) is 0 Å². The molecule has 0 saturated heterocycles. The second kappa shape index (κ2) is 6.73. The second-order valence-electron chi connectivity index (χ2n) is 4.19. The van der Waals surface area contributed by atoms with E-state index < -0.39 is 0 Å². The Morgan fingerprint density at radius 2 is 2.00 bits per heavy atom. The Bertz CT molecular complexity index is 629. The first kappa shape index (κ1) is 14.8. The molecule has 0 fully saturated rings. The van der Waals surface area contributed by atoms with E-state index in [1.54, 1.807) is 30.5 Å². The van der Waals surface area contributed by atoms with Crippen LogP contribution in [0.4, 0.5) is 0 Å². The third kappa shape index (κ3) is 3.71. The molecule has 2 aromatic rings. The molecule has 0 amide bonds. The maximum absolute atomic E-state index is 12.2. The summed E-state index contributed by atoms with van der Waals surface area (Å²) in [5.41, 5.74) is 1.33. The van der Waals surface area contributed by atoms with Crippen LogP contribution in [0.2, 0.25) is 10.0 Å². The van der Waals surface area contributed by atoms with Gasteiger partial charge in [-0.3, -0.25) is 9.78 Å². The van der Waals surface area contributed by atoms with Crippen LogP contribution in [0.1, 0.15) is 22.8 Å². The van der Waals surface area contributed by atoms with Gasteiger partial charge in [0.2, 0.25) is 0 Å². The Kier molecular flexibility index (Phi) is 4.99. The second-order valence-corrected chi connectivity index (χ2v) is 5.01. The standard InChI is InChI=1S/C15H13Cl2NO2/c1-2-20-12-7-11(8-18-9-12)15(19)6-10-3-4-13(16)14(17)5-10/h3-5,7-9H,2,6H2,1H3. The summed E-state index contributed by atoms with van der Waals surface area (Å²) < 4.78 is 5.33. The normalized spacial score (nSPS) is 10.3. The zero-order valence-corrected chi connectivity index (χ0v) is 12.4. The van der Waals surface area contributed by atoms with Crippen molar-refractivity contribution in [2.75, 3.05) is 6.61 Å². The van der Waals surface area contributed by atoms with Crippen molar-refractivity contribution in [3.8, 4) is 5.75 Å². The number of nitrogens with zero attached hydrogens (tertiary/aromatic N) is 1. The number of hydrogen-bond acceptors (Lipinski definition) is 3. The third-order valence-corrected chi connectivity index (χ3v) is 3.43. The number of pyridine rings is 1. The highest BCUT2D eigenvalue weighted by atomic mass is 35.5. The van der Waals surface area contributed by atoms with Crippen molar-refractivity contribution < 1.29 is 9.53 Å². The monoisotopic (exact) mass is 309 g/mol. The SMILES string of the molecule is CCOc1cncc(C(=O)Cc2ccc(Cl)c(Cl)c2)c1. The van der Waals surface area contributed by atoms with E-state index in [-0.39, 0.29) is 12.2 Å². The highest BCUT2D eigenvalue weighted by molar-refractivity contribution is 6.42. The number of hydrogen-bond donors (Lipinski definition) is 0. The molecular formula is C15H13Cl2NO2. The summed E-state index contributed by atoms with van der Waals surface area (Å²) in [6, 6.07) is 6.85. The summed E-state index contributed by atoms with van der Waals surface area (Å²) in [5.74, 6) is 0.546. The maximum Gasteiger partial charge on any atom is 0.168 e. The summed E-state index contributed by atoms with van der Waals surface area (Å²) in [7, 11) is 0. The van der Waals surface area contributed by atoms with E-state index in [0.717, 1.165) is 5.56 Å². The van der Waals surface area contributed by atoms with Gasteiger partial charge in [-0.05, 0) is 30.7 Å². The number of carbonyl (C=O) groups excluding carboxylic acids is 1. The van der Waals surface area contributed by atoms with Gasteiger partial charge in [-0.1, -0.05) is 29.3 Å². The predicted molar refractivity (Wildman–Crippen MR) is 79.9 cm³/mol. The van der Waals surface area contributed by atoms with Gasteiger partial charge in [-0.2, -0.15) is 0 Å². The molecule has 2 rings (SSSR count). The van der Waals surface area contributed by atoms with Crippen LogP contribution in [0.15, 0.2) is 36.7 Å². The van der Waals surface area contributed by atoms with Crippen LogP contribution in [-0.2, 0) is 6.42 Å². The highest BCUT2D eigenvalue weighted by Gasteiger charge is 2.10. The minimum absolute atomic E-state index is 0.0440. The number of aromatic nitrogens is 1. The minimum Gasteiger partial charge on any atom is -0.492 e. The molecule has 3 nitrogen and oxygen atoms in total. The minimum atomic E-state index is -0.0440. The smallest absolute Gasteiger partial charge is 0.168 e. The van der Waals surface area contributed by atoms with Gasteiger partial charge in [0.05, 0.1) is 22.8 Å². The molecule has 0 unspecified atom stereocenters. The van der Waals surface area contributed by atoms with Crippen LogP contribution in [0.5, 0.6) is 5.75 Å². The van der Waals surface area contributed by atoms with Crippen LogP contribution >= 0.6 is 23.2 Å². The fourth-order valence-electron chi connectivity index (χ4n) is 1.75. The van der Waals surface area contributed by atoms with Crippen molar-refractivity contribution in [3.63, 3.8) is 0 Å². The quantitative estimate of drug-likeness (QED) is 0.777. The van der Waals surface area contributed by atoms with Gasteiger partial charge in [0.15, 0.2) is 5.78 Å². The Balaban J connectivity index is 2.15. The molecule has 5 heteroatoms. The van der Waals surface area contributed by atoms with Crippen LogP contribution < -0.4 is 4.74 Å². The van der Waals surface area contributed by atoms with Crippen LogP contribution in [-0.4, -0.2) is 17.4 Å². The Labute approximate surface area is 127 Å². The first-order valence-corrected chi connectivity index (χ1v) is 6.90. The van der Waals surface area contributed by atoms with Gasteiger partial charge in [-0.25, -0.2) is 0 Å². The molecule has 0 radical (unpaired) electrons. The van der Waals surface area contributed by atoms with Gasteiger partial charge in [-0.15, -0.1) is 0 Å². The lowest BCUT2D eigenvalue weighted by atomic mass is 10.0. The van der Waals surface area contributed by atoms with Gasteiger partial charge >= 0.3 is 0 Å². The number of Topliss-reactive ketones (excluding diaryl/α,β-unsaturated/α-hetero) is 1. The summed E-state index contributed by atoms with van der Waals surface area (Å²) in [4.78, 5) is 16.2. The zero-order chi connectivity index (χ0) is 14.5. The molecule has 0 bridgehead atoms. The summed E-state index contributed by atoms with van der Waals surface area (Å²) in [6.45, 7) is 2.41. The highest BCUT2D eigenvalue weighted by Crippen LogP contribution is 2.23. The molecule has 0 N–H and O–H groups in total. The van der Waals surface area contributed by atoms with Crippen molar-refractivity contribution in [1.29, 1.82) is 0 Å². The molecule has 0 aliphatic rings. The van der Waals surface area contributed by atoms with E-state index in [1.165, 1.54) is 6.20 Å². The van der Waals surface area contributed by atoms with Crippen molar-refractivity contribution in [2.24, 2.45) is 0 Å². The molecule has 0 aliphatic heterocycles. The number of halogens is 2. The molecule has 0 saturated carbocycles. The van der Waals surface area contributed by atoms with Gasteiger partial charge in [0.1, 0.15) is 5.75 Å². The van der Waals surface area contributed by atoms with Crippen LogP contribution in [0.3, 0.4) is 0 Å². The van der Waals surface area contributed by atoms with Gasteiger partial charge in [0, 0.05) is 18.2 Å². The number of ketones is 1. The topological polar surface area (TPSA) is 39.2 Å². The molecule has 0 spiro atoms. The maximum atomic E-state index is 12.2. The summed E-state index contributed by atoms with van der Waals surface area (Å²) in [6.07, 6.45) is 3.36. The van der Waals surface area contributed by atoms with E-state index in [9.17, 15) is 4.79 Å². The van der Waals surface area contributed by atoms with Crippen molar-refractivity contribution >= 4 is 29.0 Å². The molecule has 1 aromatic heterocycles. The van der Waals surface area contributed by atoms with E-state index in [4.69, 9.17) is 27.9 Å². The van der Waals surface area contributed by atoms with Crippen molar-refractivity contribution in [1.82, 2.24) is 4.98 Å². The van der Waals surface area contributed by atoms with Gasteiger partial charge < -0.3 is 4.74 Å². The number of carbonyl (C=O) groups is 1. The molecule has 1 aromatic carbocycles. The van der Waals surface area contributed by atoms with Crippen molar-refractivity contribution in [2.45, 2.75) is 13.3 Å². The van der Waals surface area contributed by atoms with Crippen molar-refractivity contribution in [3.05, 3.63) is 57.8 Å². The molecule has 0 atom stereocenters. The molecule has 104 valence electrons. The van der Waals surface area contributed by atoms with E-state index in [1.807, 2.05) is 6.92 Å².